The molecule has 0 aromatic heterocycles. The Labute approximate surface area is 145 Å². The summed E-state index contributed by atoms with van der Waals surface area (Å²) < 4.78 is 5.32. The quantitative estimate of drug-likeness (QED) is 0.675. The number of piperidine rings is 1. The first-order chi connectivity index (χ1) is 11.7. The van der Waals surface area contributed by atoms with Crippen LogP contribution in [0.5, 0.6) is 0 Å². The summed E-state index contributed by atoms with van der Waals surface area (Å²) in [7, 11) is 3.80. The van der Waals surface area contributed by atoms with Gasteiger partial charge in [-0.15, -0.1) is 0 Å². The first kappa shape index (κ1) is 18.9. The lowest BCUT2D eigenvalue weighted by molar-refractivity contribution is -0.136. The Balaban J connectivity index is 1.69. The van der Waals surface area contributed by atoms with Crippen LogP contribution >= 0.6 is 0 Å². The van der Waals surface area contributed by atoms with E-state index in [1.807, 2.05) is 6.07 Å². The van der Waals surface area contributed by atoms with Crippen molar-refractivity contribution in [1.29, 1.82) is 0 Å². The Morgan fingerprint density at radius 2 is 2.00 bits per heavy atom. The molecule has 1 amide bonds. The first-order valence-electron chi connectivity index (χ1n) is 8.87. The highest BCUT2D eigenvalue weighted by molar-refractivity contribution is 5.82. The van der Waals surface area contributed by atoms with Gasteiger partial charge in [-0.3, -0.25) is 4.79 Å². The van der Waals surface area contributed by atoms with E-state index < -0.39 is 0 Å². The van der Waals surface area contributed by atoms with Crippen LogP contribution in [0.3, 0.4) is 0 Å². The largest absolute Gasteiger partial charge is 0.384 e. The average Bonchev–Trinajstić information content (AvgIpc) is 2.60. The zero-order valence-electron chi connectivity index (χ0n) is 15.0. The fraction of sp³-hybridized carbons (Fsp3) is 0.632. The topological polar surface area (TPSA) is 53.6 Å². The minimum Gasteiger partial charge on any atom is -0.384 e. The average molecular weight is 333 g/mol. The van der Waals surface area contributed by atoms with Crippen LogP contribution < -0.4 is 10.6 Å². The third kappa shape index (κ3) is 5.58. The van der Waals surface area contributed by atoms with Gasteiger partial charge < -0.3 is 20.3 Å². The van der Waals surface area contributed by atoms with Gasteiger partial charge in [0.1, 0.15) is 0 Å². The second-order valence-electron chi connectivity index (χ2n) is 6.80. The fourth-order valence-corrected chi connectivity index (χ4v) is 3.33. The molecule has 1 saturated heterocycles. The number of amides is 1. The van der Waals surface area contributed by atoms with E-state index in [2.05, 4.69) is 46.8 Å². The van der Waals surface area contributed by atoms with Crippen LogP contribution in [0, 0.1) is 5.41 Å². The molecule has 2 rings (SSSR count). The van der Waals surface area contributed by atoms with Gasteiger partial charge in [0.2, 0.25) is 5.91 Å². The van der Waals surface area contributed by atoms with Crippen LogP contribution in [0.4, 0.5) is 0 Å². The molecule has 2 N–H and O–H groups in total. The van der Waals surface area contributed by atoms with E-state index in [1.165, 1.54) is 5.56 Å². The second-order valence-corrected chi connectivity index (χ2v) is 6.80. The Kier molecular flexibility index (Phi) is 7.69. The fourth-order valence-electron chi connectivity index (χ4n) is 3.33. The lowest BCUT2D eigenvalue weighted by Gasteiger charge is -2.35. The van der Waals surface area contributed by atoms with E-state index in [0.717, 1.165) is 52.0 Å². The monoisotopic (exact) mass is 333 g/mol. The van der Waals surface area contributed by atoms with Gasteiger partial charge in [-0.05, 0) is 51.5 Å². The van der Waals surface area contributed by atoms with Gasteiger partial charge in [-0.2, -0.15) is 0 Å². The van der Waals surface area contributed by atoms with Gasteiger partial charge in [-0.1, -0.05) is 30.3 Å². The molecule has 0 saturated carbocycles. The Morgan fingerprint density at radius 3 is 2.67 bits per heavy atom. The van der Waals surface area contributed by atoms with Gasteiger partial charge in [0.25, 0.3) is 0 Å². The van der Waals surface area contributed by atoms with Crippen molar-refractivity contribution >= 4 is 5.91 Å². The Morgan fingerprint density at radius 1 is 1.29 bits per heavy atom. The zero-order valence-corrected chi connectivity index (χ0v) is 15.0. The van der Waals surface area contributed by atoms with Crippen LogP contribution in [0.1, 0.15) is 24.8 Å². The predicted molar refractivity (Wildman–Crippen MR) is 96.8 cm³/mol. The third-order valence-corrected chi connectivity index (χ3v) is 4.76. The predicted octanol–water partition coefficient (Wildman–Crippen LogP) is 1.64. The number of nitrogens with zero attached hydrogens (tertiary/aromatic N) is 1. The standard InChI is InChI=1S/C19H31N3O2/c1-22(15-17-7-4-3-5-8-17)14-6-11-21-18(23)19(16-24-2)9-12-20-13-10-19/h3-5,7-8,20H,6,9-16H2,1-2H3,(H,21,23). The Bertz CT molecular complexity index is 481. The highest BCUT2D eigenvalue weighted by Gasteiger charge is 2.39. The molecule has 1 aromatic carbocycles. The summed E-state index contributed by atoms with van der Waals surface area (Å²) in [4.78, 5) is 14.9. The van der Waals surface area contributed by atoms with Crippen molar-refractivity contribution in [3.05, 3.63) is 35.9 Å². The van der Waals surface area contributed by atoms with E-state index in [1.54, 1.807) is 7.11 Å². The SMILES string of the molecule is COCC1(C(=O)NCCCN(C)Cc2ccccc2)CCNCC1. The van der Waals surface area contributed by atoms with Gasteiger partial charge in [0, 0.05) is 20.2 Å². The maximum absolute atomic E-state index is 12.6. The lowest BCUT2D eigenvalue weighted by Crippen LogP contribution is -2.50. The molecule has 1 aromatic rings. The molecule has 0 radical (unpaired) electrons. The summed E-state index contributed by atoms with van der Waals surface area (Å²) >= 11 is 0. The number of hydrogen-bond acceptors (Lipinski definition) is 4. The van der Waals surface area contributed by atoms with E-state index >= 15 is 0 Å². The van der Waals surface area contributed by atoms with Crippen molar-refractivity contribution in [2.24, 2.45) is 5.41 Å². The van der Waals surface area contributed by atoms with Gasteiger partial charge in [0.15, 0.2) is 0 Å². The zero-order chi connectivity index (χ0) is 17.3. The molecule has 1 aliphatic rings. The van der Waals surface area contributed by atoms with Crippen LogP contribution in [0.25, 0.3) is 0 Å². The summed E-state index contributed by atoms with van der Waals surface area (Å²) in [6.45, 7) is 4.90. The number of carbonyl (C=O) groups is 1. The number of carbonyl (C=O) groups excluding carboxylic acids is 1. The third-order valence-electron chi connectivity index (χ3n) is 4.76. The minimum absolute atomic E-state index is 0.150. The van der Waals surface area contributed by atoms with Gasteiger partial charge in [0.05, 0.1) is 12.0 Å². The maximum Gasteiger partial charge on any atom is 0.228 e. The van der Waals surface area contributed by atoms with E-state index in [4.69, 9.17) is 4.74 Å². The molecule has 0 bridgehead atoms. The summed E-state index contributed by atoms with van der Waals surface area (Å²) in [5.74, 6) is 0.150. The summed E-state index contributed by atoms with van der Waals surface area (Å²) in [6, 6.07) is 10.5. The smallest absolute Gasteiger partial charge is 0.228 e. The number of nitrogens with one attached hydrogen (secondary N) is 2. The highest BCUT2D eigenvalue weighted by Crippen LogP contribution is 2.29. The molecule has 5 nitrogen and oxygen atoms in total. The molecule has 134 valence electrons. The molecule has 0 atom stereocenters. The summed E-state index contributed by atoms with van der Waals surface area (Å²) in [6.07, 6.45) is 2.65. The van der Waals surface area contributed by atoms with Crippen LogP contribution in [-0.4, -0.2) is 57.8 Å². The number of ether oxygens (including phenoxy) is 1. The van der Waals surface area contributed by atoms with Crippen molar-refractivity contribution in [3.63, 3.8) is 0 Å². The van der Waals surface area contributed by atoms with Gasteiger partial charge in [-0.25, -0.2) is 0 Å². The number of benzene rings is 1. The van der Waals surface area contributed by atoms with Crippen molar-refractivity contribution < 1.29 is 9.53 Å². The molecule has 1 heterocycles. The molecule has 0 aliphatic carbocycles. The Hall–Kier alpha value is -1.43. The van der Waals surface area contributed by atoms with Crippen molar-refractivity contribution in [2.75, 3.05) is 46.9 Å². The molecule has 24 heavy (non-hydrogen) atoms. The van der Waals surface area contributed by atoms with Crippen molar-refractivity contribution in [3.8, 4) is 0 Å². The lowest BCUT2D eigenvalue weighted by atomic mass is 9.78. The summed E-state index contributed by atoms with van der Waals surface area (Å²) in [5.41, 5.74) is 0.966. The summed E-state index contributed by atoms with van der Waals surface area (Å²) in [5, 5.41) is 6.44. The van der Waals surface area contributed by atoms with Crippen molar-refractivity contribution in [1.82, 2.24) is 15.5 Å². The molecule has 5 heteroatoms. The van der Waals surface area contributed by atoms with Crippen LogP contribution in [-0.2, 0) is 16.1 Å². The number of rotatable bonds is 9. The molecule has 1 fully saturated rings. The van der Waals surface area contributed by atoms with Crippen LogP contribution in [0.15, 0.2) is 30.3 Å². The molecular weight excluding hydrogens is 302 g/mol. The molecule has 0 spiro atoms. The molecule has 1 aliphatic heterocycles. The minimum atomic E-state index is -0.351. The second kappa shape index (κ2) is 9.77. The van der Waals surface area contributed by atoms with Crippen LogP contribution in [0.2, 0.25) is 0 Å². The highest BCUT2D eigenvalue weighted by atomic mass is 16.5. The van der Waals surface area contributed by atoms with E-state index in [0.29, 0.717) is 6.61 Å². The number of methoxy groups -OCH3 is 1. The van der Waals surface area contributed by atoms with Gasteiger partial charge >= 0.3 is 0 Å². The van der Waals surface area contributed by atoms with E-state index in [-0.39, 0.29) is 11.3 Å². The molecule has 0 unspecified atom stereocenters. The first-order valence-corrected chi connectivity index (χ1v) is 8.87. The molecular formula is C19H31N3O2. The maximum atomic E-state index is 12.6. The number of hydrogen-bond donors (Lipinski definition) is 2. The van der Waals surface area contributed by atoms with Crippen molar-refractivity contribution in [2.45, 2.75) is 25.8 Å². The normalized spacial score (nSPS) is 17.0. The van der Waals surface area contributed by atoms with E-state index in [9.17, 15) is 4.79 Å².